The number of nitrogens with one attached hydrogen (secondary N) is 2. The number of esters is 1. The lowest BCUT2D eigenvalue weighted by atomic mass is 10.0. The van der Waals surface area contributed by atoms with Crippen LogP contribution in [0, 0.1) is 38.5 Å². The van der Waals surface area contributed by atoms with Crippen molar-refractivity contribution >= 4 is 5.97 Å². The number of hydrogen-bond donors (Lipinski definition) is 3. The number of hydrogen-bond acceptors (Lipinski definition) is 9. The highest BCUT2D eigenvalue weighted by Gasteiger charge is 2.37. The molecule has 2 aromatic carbocycles. The first kappa shape index (κ1) is 35.1. The maximum absolute atomic E-state index is 12.5. The van der Waals surface area contributed by atoms with Crippen LogP contribution in [0.5, 0.6) is 0 Å². The Labute approximate surface area is 285 Å². The van der Waals surface area contributed by atoms with E-state index in [4.69, 9.17) is 27.1 Å². The Kier molecular flexibility index (Phi) is 10.2. The summed E-state index contributed by atoms with van der Waals surface area (Å²) in [6, 6.07) is 16.9. The molecular formula is C37H32N4O9. The lowest BCUT2D eigenvalue weighted by Crippen LogP contribution is -2.37. The van der Waals surface area contributed by atoms with Crippen LogP contribution in [-0.4, -0.2) is 54.6 Å². The fourth-order valence-corrected chi connectivity index (χ4v) is 5.02. The molecule has 4 aromatic rings. The van der Waals surface area contributed by atoms with Crippen LogP contribution in [0.2, 0.25) is 0 Å². The van der Waals surface area contributed by atoms with Crippen molar-refractivity contribution in [3.8, 4) is 35.8 Å². The van der Waals surface area contributed by atoms with E-state index < -0.39 is 52.1 Å². The van der Waals surface area contributed by atoms with E-state index in [1.807, 2.05) is 42.5 Å². The Morgan fingerprint density at radius 1 is 0.800 bits per heavy atom. The minimum atomic E-state index is -1.33. The first-order valence-corrected chi connectivity index (χ1v) is 15.2. The molecule has 0 saturated heterocycles. The molecule has 0 aliphatic carbocycles. The van der Waals surface area contributed by atoms with Crippen molar-refractivity contribution in [2.75, 3.05) is 13.2 Å². The van der Waals surface area contributed by atoms with E-state index in [0.29, 0.717) is 16.7 Å². The monoisotopic (exact) mass is 676 g/mol. The van der Waals surface area contributed by atoms with E-state index in [1.165, 1.54) is 27.6 Å². The second-order valence-electron chi connectivity index (χ2n) is 11.4. The van der Waals surface area contributed by atoms with Crippen molar-refractivity contribution < 1.29 is 24.1 Å². The molecule has 13 heteroatoms. The molecule has 0 bridgehead atoms. The predicted octanol–water partition coefficient (Wildman–Crippen LogP) is 2.12. The standard InChI is InChI=1S/C25H20N2O5.C12H12N2O4/c1-3-25(14-13-21(32-25)27-15-17(2)22(28)26-24(27)30)16-31-23(29)20-11-9-19(10-12-20)18-7-5-4-6-8-18;1-3-12(7-15)5-4-9(18-12)14-6-8(2)10(16)13-11(14)17/h1,4-15,21H,16H2,2H3,(H,26,28,30);1,4-6,9,15H,7H2,2H3,(H,13,16,17)/t21-,25+;9-,12+/m11/s1. The average molecular weight is 677 g/mol. The zero-order valence-electron chi connectivity index (χ0n) is 27.0. The number of aryl methyl sites for hydroxylation is 2. The molecule has 0 radical (unpaired) electrons. The van der Waals surface area contributed by atoms with Crippen LogP contribution in [0.25, 0.3) is 11.1 Å². The second-order valence-corrected chi connectivity index (χ2v) is 11.4. The molecule has 0 amide bonds. The van der Waals surface area contributed by atoms with Gasteiger partial charge in [0, 0.05) is 23.5 Å². The van der Waals surface area contributed by atoms with Gasteiger partial charge in [0.25, 0.3) is 11.1 Å². The summed E-state index contributed by atoms with van der Waals surface area (Å²) in [4.78, 5) is 63.5. The number of aliphatic hydroxyl groups is 1. The number of aromatic amines is 2. The molecule has 2 aromatic heterocycles. The van der Waals surface area contributed by atoms with Crippen molar-refractivity contribution in [2.45, 2.75) is 37.5 Å². The first-order valence-electron chi connectivity index (χ1n) is 15.2. The summed E-state index contributed by atoms with van der Waals surface area (Å²) in [5.41, 5.74) is -1.53. The van der Waals surface area contributed by atoms with Crippen molar-refractivity contribution in [3.63, 3.8) is 0 Å². The molecule has 4 atom stereocenters. The third-order valence-corrected chi connectivity index (χ3v) is 7.93. The van der Waals surface area contributed by atoms with Gasteiger partial charge in [0.1, 0.15) is 6.61 Å². The van der Waals surface area contributed by atoms with Crippen LogP contribution in [0.4, 0.5) is 0 Å². The molecule has 0 saturated carbocycles. The summed E-state index contributed by atoms with van der Waals surface area (Å²) < 4.78 is 19.1. The molecule has 0 unspecified atom stereocenters. The first-order chi connectivity index (χ1) is 23.9. The molecule has 2 aliphatic heterocycles. The molecule has 254 valence electrons. The smallest absolute Gasteiger partial charge is 0.338 e. The third-order valence-electron chi connectivity index (χ3n) is 7.93. The fourth-order valence-electron chi connectivity index (χ4n) is 5.02. The minimum absolute atomic E-state index is 0.229. The SMILES string of the molecule is C#C[C@@]1(CO)C=C[C@H](n2cc(C)c(=O)[nH]c2=O)O1.C#C[C@@]1(COC(=O)c2ccc(-c3ccccc3)cc2)C=C[C@H](n2cc(C)c(=O)[nH]c2=O)O1. The summed E-state index contributed by atoms with van der Waals surface area (Å²) in [5, 5.41) is 9.19. The summed E-state index contributed by atoms with van der Waals surface area (Å²) in [6.45, 7) is 2.54. The number of aliphatic hydroxyl groups excluding tert-OH is 1. The number of carbonyl (C=O) groups is 1. The number of benzene rings is 2. The van der Waals surface area contributed by atoms with E-state index in [1.54, 1.807) is 44.2 Å². The van der Waals surface area contributed by atoms with Gasteiger partial charge in [0.15, 0.2) is 23.7 Å². The number of aromatic nitrogens is 4. The zero-order chi connectivity index (χ0) is 36.1. The Balaban J connectivity index is 0.000000228. The molecule has 0 spiro atoms. The van der Waals surface area contributed by atoms with Crippen molar-refractivity contribution in [1.29, 1.82) is 0 Å². The minimum Gasteiger partial charge on any atom is -0.458 e. The summed E-state index contributed by atoms with van der Waals surface area (Å²) >= 11 is 0. The van der Waals surface area contributed by atoms with Crippen LogP contribution in [0.3, 0.4) is 0 Å². The van der Waals surface area contributed by atoms with Crippen molar-refractivity contribution in [1.82, 2.24) is 19.1 Å². The van der Waals surface area contributed by atoms with Crippen LogP contribution < -0.4 is 22.5 Å². The molecule has 2 aliphatic rings. The number of carbonyl (C=O) groups excluding carboxylic acids is 1. The van der Waals surface area contributed by atoms with Crippen molar-refractivity contribution in [2.24, 2.45) is 0 Å². The van der Waals surface area contributed by atoms with Crippen molar-refractivity contribution in [3.05, 3.63) is 150 Å². The summed E-state index contributed by atoms with van der Waals surface area (Å²) in [6.07, 6.45) is 18.4. The number of ether oxygens (including phenoxy) is 3. The van der Waals surface area contributed by atoms with Gasteiger partial charge in [-0.3, -0.25) is 28.7 Å². The van der Waals surface area contributed by atoms with E-state index in [9.17, 15) is 29.1 Å². The van der Waals surface area contributed by atoms with Gasteiger partial charge in [-0.1, -0.05) is 54.3 Å². The highest BCUT2D eigenvalue weighted by Crippen LogP contribution is 2.30. The van der Waals surface area contributed by atoms with E-state index >= 15 is 0 Å². The summed E-state index contributed by atoms with van der Waals surface area (Å²) in [7, 11) is 0. The molecule has 3 N–H and O–H groups in total. The fraction of sp³-hybridized carbons (Fsp3) is 0.216. The maximum atomic E-state index is 12.5. The molecule has 6 rings (SSSR count). The molecule has 0 fully saturated rings. The van der Waals surface area contributed by atoms with E-state index in [0.717, 1.165) is 11.1 Å². The number of rotatable bonds is 7. The van der Waals surface area contributed by atoms with Gasteiger partial charge < -0.3 is 19.3 Å². The molecule has 4 heterocycles. The van der Waals surface area contributed by atoms with Crippen LogP contribution in [0.15, 0.2) is 110 Å². The van der Waals surface area contributed by atoms with Crippen LogP contribution in [-0.2, 0) is 14.2 Å². The highest BCUT2D eigenvalue weighted by molar-refractivity contribution is 5.90. The number of nitrogens with zero attached hydrogens (tertiary/aromatic N) is 2. The molecule has 13 nitrogen and oxygen atoms in total. The van der Waals surface area contributed by atoms with Crippen LogP contribution >= 0.6 is 0 Å². The highest BCUT2D eigenvalue weighted by atomic mass is 16.6. The lowest BCUT2D eigenvalue weighted by molar-refractivity contribution is -0.0574. The lowest BCUT2D eigenvalue weighted by Gasteiger charge is -2.24. The quantitative estimate of drug-likeness (QED) is 0.151. The van der Waals surface area contributed by atoms with Gasteiger partial charge in [-0.05, 0) is 61.4 Å². The van der Waals surface area contributed by atoms with Gasteiger partial charge in [0.05, 0.1) is 12.2 Å². The third kappa shape index (κ3) is 7.41. The van der Waals surface area contributed by atoms with E-state index in [-0.39, 0.29) is 13.2 Å². The maximum Gasteiger partial charge on any atom is 0.338 e. The normalized spacial score (nSPS) is 21.9. The van der Waals surface area contributed by atoms with Gasteiger partial charge in [-0.15, -0.1) is 12.8 Å². The molecular weight excluding hydrogens is 644 g/mol. The summed E-state index contributed by atoms with van der Waals surface area (Å²) in [5.74, 6) is 4.27. The topological polar surface area (TPSA) is 175 Å². The largest absolute Gasteiger partial charge is 0.458 e. The predicted molar refractivity (Wildman–Crippen MR) is 183 cm³/mol. The van der Waals surface area contributed by atoms with Gasteiger partial charge >= 0.3 is 17.3 Å². The second kappa shape index (κ2) is 14.5. The average Bonchev–Trinajstić information content (AvgIpc) is 3.77. The Bertz CT molecular complexity index is 2290. The number of terminal acetylenes is 2. The Hall–Kier alpha value is -6.25. The van der Waals surface area contributed by atoms with Gasteiger partial charge in [-0.2, -0.15) is 0 Å². The zero-order valence-corrected chi connectivity index (χ0v) is 27.0. The molecule has 50 heavy (non-hydrogen) atoms. The van der Waals surface area contributed by atoms with Crippen LogP contribution in [0.1, 0.15) is 33.9 Å². The number of H-pyrrole nitrogens is 2. The Morgan fingerprint density at radius 3 is 1.76 bits per heavy atom. The van der Waals surface area contributed by atoms with E-state index in [2.05, 4.69) is 21.8 Å². The Morgan fingerprint density at radius 2 is 1.28 bits per heavy atom. The van der Waals surface area contributed by atoms with Gasteiger partial charge in [0.2, 0.25) is 0 Å². The van der Waals surface area contributed by atoms with Gasteiger partial charge in [-0.25, -0.2) is 14.4 Å².